The van der Waals surface area contributed by atoms with Gasteiger partial charge in [0.05, 0.1) is 5.52 Å². The maximum absolute atomic E-state index is 11.4. The predicted molar refractivity (Wildman–Crippen MR) is 54.0 cm³/mol. The average molecular weight is 184 g/mol. The molecule has 0 unspecified atom stereocenters. The van der Waals surface area contributed by atoms with Crippen LogP contribution in [-0.4, -0.2) is 4.57 Å². The fourth-order valence-corrected chi connectivity index (χ4v) is 1.55. The fraction of sp³-hybridized carbons (Fsp3) is 0.0909. The Morgan fingerprint density at radius 3 is 2.79 bits per heavy atom. The summed E-state index contributed by atoms with van der Waals surface area (Å²) in [5, 5.41) is 9.76. The summed E-state index contributed by atoms with van der Waals surface area (Å²) in [4.78, 5) is 11.4. The lowest BCUT2D eigenvalue weighted by molar-refractivity contribution is 1.06. The van der Waals surface area contributed by atoms with Crippen molar-refractivity contribution >= 4 is 10.9 Å². The van der Waals surface area contributed by atoms with Gasteiger partial charge in [-0.15, -0.1) is 0 Å². The lowest BCUT2D eigenvalue weighted by Gasteiger charge is -2.03. The standard InChI is InChI=1S/C11H8N2O/c1-8-6-11(14)13(7-12)10-5-3-2-4-9(8)10/h2-6H,1H3. The van der Waals surface area contributed by atoms with E-state index in [1.165, 1.54) is 6.07 Å². The van der Waals surface area contributed by atoms with E-state index in [9.17, 15) is 4.79 Å². The summed E-state index contributed by atoms with van der Waals surface area (Å²) in [6.07, 6.45) is 1.87. The average Bonchev–Trinajstić information content (AvgIpc) is 2.18. The third-order valence-electron chi connectivity index (χ3n) is 2.23. The molecule has 0 aliphatic rings. The number of nitriles is 1. The van der Waals surface area contributed by atoms with Gasteiger partial charge >= 0.3 is 0 Å². The van der Waals surface area contributed by atoms with E-state index in [0.29, 0.717) is 5.52 Å². The van der Waals surface area contributed by atoms with Crippen LogP contribution in [0.4, 0.5) is 0 Å². The molecule has 0 saturated carbocycles. The molecule has 0 amide bonds. The van der Waals surface area contributed by atoms with Gasteiger partial charge in [0.25, 0.3) is 5.56 Å². The highest BCUT2D eigenvalue weighted by molar-refractivity contribution is 5.82. The highest BCUT2D eigenvalue weighted by Gasteiger charge is 2.03. The number of rotatable bonds is 0. The summed E-state index contributed by atoms with van der Waals surface area (Å²) in [5.74, 6) is 0. The Morgan fingerprint density at radius 1 is 1.36 bits per heavy atom. The third kappa shape index (κ3) is 1.09. The van der Waals surface area contributed by atoms with Gasteiger partial charge in [-0.1, -0.05) is 18.2 Å². The van der Waals surface area contributed by atoms with E-state index < -0.39 is 0 Å². The molecule has 1 aromatic carbocycles. The summed E-state index contributed by atoms with van der Waals surface area (Å²) in [6.45, 7) is 1.87. The highest BCUT2D eigenvalue weighted by atomic mass is 16.1. The minimum absolute atomic E-state index is 0.274. The Kier molecular flexibility index (Phi) is 1.83. The Labute approximate surface area is 80.8 Å². The molecule has 14 heavy (non-hydrogen) atoms. The van der Waals surface area contributed by atoms with E-state index in [2.05, 4.69) is 0 Å². The van der Waals surface area contributed by atoms with Crippen LogP contribution in [0.15, 0.2) is 35.1 Å². The van der Waals surface area contributed by atoms with Gasteiger partial charge in [-0.25, -0.2) is 4.57 Å². The van der Waals surface area contributed by atoms with Gasteiger partial charge in [0, 0.05) is 11.5 Å². The van der Waals surface area contributed by atoms with E-state index >= 15 is 0 Å². The van der Waals surface area contributed by atoms with Gasteiger partial charge in [0.2, 0.25) is 0 Å². The smallest absolute Gasteiger partial charge is 0.264 e. The van der Waals surface area contributed by atoms with Gasteiger partial charge in [-0.05, 0) is 18.6 Å². The van der Waals surface area contributed by atoms with Crippen molar-refractivity contribution in [2.24, 2.45) is 0 Å². The van der Waals surface area contributed by atoms with Crippen LogP contribution in [0.25, 0.3) is 10.9 Å². The number of benzene rings is 1. The van der Waals surface area contributed by atoms with Crippen LogP contribution >= 0.6 is 0 Å². The van der Waals surface area contributed by atoms with Gasteiger partial charge < -0.3 is 0 Å². The number of para-hydroxylation sites is 1. The molecule has 0 bridgehead atoms. The van der Waals surface area contributed by atoms with Crippen LogP contribution in [-0.2, 0) is 0 Å². The number of hydrogen-bond donors (Lipinski definition) is 0. The molecule has 0 fully saturated rings. The molecular weight excluding hydrogens is 176 g/mol. The summed E-state index contributed by atoms with van der Waals surface area (Å²) < 4.78 is 1.10. The number of aryl methyl sites for hydroxylation is 1. The van der Waals surface area contributed by atoms with Crippen molar-refractivity contribution in [2.45, 2.75) is 6.92 Å². The Bertz CT molecular complexity index is 590. The maximum Gasteiger partial charge on any atom is 0.264 e. The van der Waals surface area contributed by atoms with Crippen molar-refractivity contribution in [1.29, 1.82) is 5.26 Å². The molecule has 0 saturated heterocycles. The topological polar surface area (TPSA) is 45.8 Å². The first kappa shape index (κ1) is 8.52. The maximum atomic E-state index is 11.4. The molecule has 1 heterocycles. The molecule has 0 radical (unpaired) electrons. The first-order valence-electron chi connectivity index (χ1n) is 4.25. The molecule has 0 atom stereocenters. The molecular formula is C11H8N2O. The quantitative estimate of drug-likeness (QED) is 0.624. The Hall–Kier alpha value is -2.08. The van der Waals surface area contributed by atoms with Crippen LogP contribution in [0.3, 0.4) is 0 Å². The number of pyridine rings is 1. The number of aromatic nitrogens is 1. The zero-order valence-electron chi connectivity index (χ0n) is 7.69. The lowest BCUT2D eigenvalue weighted by Crippen LogP contribution is -2.16. The van der Waals surface area contributed by atoms with E-state index in [4.69, 9.17) is 5.26 Å². The summed E-state index contributed by atoms with van der Waals surface area (Å²) in [5.41, 5.74) is 1.29. The monoisotopic (exact) mass is 184 g/mol. The molecule has 2 aromatic rings. The Balaban J connectivity index is 3.08. The molecule has 68 valence electrons. The van der Waals surface area contributed by atoms with Gasteiger partial charge in [-0.2, -0.15) is 5.26 Å². The summed E-state index contributed by atoms with van der Waals surface area (Å²) in [7, 11) is 0. The molecule has 0 aliphatic heterocycles. The van der Waals surface area contributed by atoms with Crippen molar-refractivity contribution in [3.05, 3.63) is 46.2 Å². The predicted octanol–water partition coefficient (Wildman–Crippen LogP) is 1.64. The van der Waals surface area contributed by atoms with Crippen LogP contribution in [0.5, 0.6) is 0 Å². The van der Waals surface area contributed by atoms with Crippen LogP contribution in [0.2, 0.25) is 0 Å². The second-order valence-corrected chi connectivity index (χ2v) is 3.12. The van der Waals surface area contributed by atoms with Crippen LogP contribution in [0.1, 0.15) is 5.56 Å². The largest absolute Gasteiger partial charge is 0.268 e. The van der Waals surface area contributed by atoms with Crippen LogP contribution < -0.4 is 5.56 Å². The lowest BCUT2D eigenvalue weighted by atomic mass is 10.1. The fourth-order valence-electron chi connectivity index (χ4n) is 1.55. The van der Waals surface area contributed by atoms with E-state index in [-0.39, 0.29) is 5.56 Å². The van der Waals surface area contributed by atoms with Gasteiger partial charge in [-0.3, -0.25) is 4.79 Å². The third-order valence-corrected chi connectivity index (χ3v) is 2.23. The molecule has 0 N–H and O–H groups in total. The second kappa shape index (κ2) is 3.00. The number of nitrogens with zero attached hydrogens (tertiary/aromatic N) is 2. The molecule has 0 spiro atoms. The molecule has 3 nitrogen and oxygen atoms in total. The molecule has 2 rings (SSSR count). The van der Waals surface area contributed by atoms with Gasteiger partial charge in [0.15, 0.2) is 6.19 Å². The number of fused-ring (bicyclic) bond motifs is 1. The van der Waals surface area contributed by atoms with Crippen molar-refractivity contribution in [3.8, 4) is 6.19 Å². The van der Waals surface area contributed by atoms with Crippen molar-refractivity contribution in [3.63, 3.8) is 0 Å². The molecule has 0 aliphatic carbocycles. The SMILES string of the molecule is Cc1cc(=O)n(C#N)c2ccccc12. The van der Waals surface area contributed by atoms with Crippen molar-refractivity contribution in [1.82, 2.24) is 4.57 Å². The number of hydrogen-bond acceptors (Lipinski definition) is 2. The summed E-state index contributed by atoms with van der Waals surface area (Å²) >= 11 is 0. The van der Waals surface area contributed by atoms with Crippen LogP contribution in [0, 0.1) is 18.4 Å². The second-order valence-electron chi connectivity index (χ2n) is 3.12. The normalized spacial score (nSPS) is 10.0. The minimum Gasteiger partial charge on any atom is -0.268 e. The van der Waals surface area contributed by atoms with E-state index in [1.54, 1.807) is 6.07 Å². The zero-order chi connectivity index (χ0) is 10.1. The first-order chi connectivity index (χ1) is 6.74. The molecule has 3 heteroatoms. The molecule has 1 aromatic heterocycles. The first-order valence-corrected chi connectivity index (χ1v) is 4.25. The van der Waals surface area contributed by atoms with Crippen molar-refractivity contribution in [2.75, 3.05) is 0 Å². The minimum atomic E-state index is -0.274. The highest BCUT2D eigenvalue weighted by Crippen LogP contribution is 2.14. The van der Waals surface area contributed by atoms with E-state index in [0.717, 1.165) is 15.5 Å². The zero-order valence-corrected chi connectivity index (χ0v) is 7.69. The van der Waals surface area contributed by atoms with Crippen molar-refractivity contribution < 1.29 is 0 Å². The Morgan fingerprint density at radius 2 is 2.07 bits per heavy atom. The van der Waals surface area contributed by atoms with Gasteiger partial charge in [0.1, 0.15) is 0 Å². The summed E-state index contributed by atoms with van der Waals surface area (Å²) in [6, 6.07) is 8.85. The van der Waals surface area contributed by atoms with E-state index in [1.807, 2.05) is 31.3 Å².